The number of rotatable bonds is 15. The molecule has 0 unspecified atom stereocenters. The molecular weight excluding hydrogens is 334 g/mol. The van der Waals surface area contributed by atoms with Gasteiger partial charge in [0.25, 0.3) is 5.91 Å². The lowest BCUT2D eigenvalue weighted by molar-refractivity contribution is -0.143. The number of hydrogen-bond acceptors (Lipinski definition) is 4. The summed E-state index contributed by atoms with van der Waals surface area (Å²) in [6, 6.07) is 3.60. The molecule has 1 aromatic rings. The molecule has 0 aromatic carbocycles. The zero-order valence-electron chi connectivity index (χ0n) is 15.6. The molecule has 0 aliphatic carbocycles. The molecule has 4 nitrogen and oxygen atoms in total. The summed E-state index contributed by atoms with van der Waals surface area (Å²) in [5, 5.41) is 4.59. The van der Waals surface area contributed by atoms with Crippen molar-refractivity contribution in [3.05, 3.63) is 22.4 Å². The van der Waals surface area contributed by atoms with Crippen LogP contribution in [0.2, 0.25) is 0 Å². The van der Waals surface area contributed by atoms with Crippen molar-refractivity contribution in [2.24, 2.45) is 0 Å². The first-order chi connectivity index (χ1) is 12.2. The van der Waals surface area contributed by atoms with E-state index in [1.807, 2.05) is 11.4 Å². The summed E-state index contributed by atoms with van der Waals surface area (Å²) in [5.74, 6) is -0.361. The van der Waals surface area contributed by atoms with Crippen LogP contribution in [0.1, 0.15) is 87.2 Å². The SMILES string of the molecule is CCCCCCCCCCCCOC(=O)CCNC(=O)c1cccs1. The Morgan fingerprint density at radius 3 is 2.24 bits per heavy atom. The normalized spacial score (nSPS) is 10.6. The van der Waals surface area contributed by atoms with Crippen molar-refractivity contribution in [3.8, 4) is 0 Å². The third-order valence-electron chi connectivity index (χ3n) is 4.12. The van der Waals surface area contributed by atoms with Gasteiger partial charge in [-0.15, -0.1) is 11.3 Å². The van der Waals surface area contributed by atoms with E-state index in [1.54, 1.807) is 6.07 Å². The van der Waals surface area contributed by atoms with Gasteiger partial charge in [-0.05, 0) is 17.9 Å². The highest BCUT2D eigenvalue weighted by molar-refractivity contribution is 7.12. The van der Waals surface area contributed by atoms with Gasteiger partial charge >= 0.3 is 5.97 Å². The summed E-state index contributed by atoms with van der Waals surface area (Å²) in [6.07, 6.45) is 12.9. The number of carbonyl (C=O) groups excluding carboxylic acids is 2. The number of unbranched alkanes of at least 4 members (excludes halogenated alkanes) is 9. The maximum Gasteiger partial charge on any atom is 0.307 e. The van der Waals surface area contributed by atoms with E-state index >= 15 is 0 Å². The number of hydrogen-bond donors (Lipinski definition) is 1. The Balaban J connectivity index is 1.85. The quantitative estimate of drug-likeness (QED) is 0.337. The number of nitrogens with one attached hydrogen (secondary N) is 1. The van der Waals surface area contributed by atoms with Crippen LogP contribution in [0.3, 0.4) is 0 Å². The Hall–Kier alpha value is -1.36. The molecule has 25 heavy (non-hydrogen) atoms. The second-order valence-corrected chi connectivity index (χ2v) is 7.33. The van der Waals surface area contributed by atoms with E-state index < -0.39 is 0 Å². The van der Waals surface area contributed by atoms with Gasteiger partial charge in [-0.2, -0.15) is 0 Å². The molecule has 0 aliphatic rings. The first-order valence-electron chi connectivity index (χ1n) is 9.71. The Morgan fingerprint density at radius 1 is 1.00 bits per heavy atom. The molecule has 1 N–H and O–H groups in total. The van der Waals surface area contributed by atoms with Gasteiger partial charge < -0.3 is 10.1 Å². The molecule has 0 fully saturated rings. The van der Waals surface area contributed by atoms with Crippen LogP contribution in [-0.2, 0) is 9.53 Å². The third-order valence-corrected chi connectivity index (χ3v) is 4.99. The topological polar surface area (TPSA) is 55.4 Å². The molecule has 0 spiro atoms. The number of esters is 1. The Labute approximate surface area is 156 Å². The summed E-state index contributed by atoms with van der Waals surface area (Å²) >= 11 is 1.39. The molecular formula is C20H33NO3S. The molecule has 142 valence electrons. The predicted molar refractivity (Wildman–Crippen MR) is 104 cm³/mol. The Morgan fingerprint density at radius 2 is 1.64 bits per heavy atom. The largest absolute Gasteiger partial charge is 0.466 e. The van der Waals surface area contributed by atoms with Crippen molar-refractivity contribution in [1.29, 1.82) is 0 Å². The van der Waals surface area contributed by atoms with Crippen LogP contribution in [0.5, 0.6) is 0 Å². The van der Waals surface area contributed by atoms with E-state index in [0.29, 0.717) is 18.0 Å². The summed E-state index contributed by atoms with van der Waals surface area (Å²) in [4.78, 5) is 24.0. The van der Waals surface area contributed by atoms with E-state index in [1.165, 1.54) is 62.7 Å². The number of ether oxygens (including phenoxy) is 1. The van der Waals surface area contributed by atoms with Crippen LogP contribution in [0.4, 0.5) is 0 Å². The minimum Gasteiger partial charge on any atom is -0.466 e. The van der Waals surface area contributed by atoms with E-state index in [0.717, 1.165) is 12.8 Å². The lowest BCUT2D eigenvalue weighted by atomic mass is 10.1. The van der Waals surface area contributed by atoms with Gasteiger partial charge in [0.2, 0.25) is 0 Å². The maximum atomic E-state index is 11.7. The van der Waals surface area contributed by atoms with E-state index in [9.17, 15) is 9.59 Å². The van der Waals surface area contributed by atoms with Crippen LogP contribution < -0.4 is 5.32 Å². The van der Waals surface area contributed by atoms with E-state index in [-0.39, 0.29) is 18.3 Å². The molecule has 5 heteroatoms. The summed E-state index contributed by atoms with van der Waals surface area (Å²) in [7, 11) is 0. The zero-order valence-corrected chi connectivity index (χ0v) is 16.4. The van der Waals surface area contributed by atoms with Crippen molar-refractivity contribution in [2.75, 3.05) is 13.2 Å². The fourth-order valence-corrected chi connectivity index (χ4v) is 3.26. The van der Waals surface area contributed by atoms with Crippen LogP contribution in [0.25, 0.3) is 0 Å². The minimum absolute atomic E-state index is 0.127. The Kier molecular flexibility index (Phi) is 13.0. The Bertz CT molecular complexity index is 460. The second kappa shape index (κ2) is 14.9. The molecule has 0 aliphatic heterocycles. The first kappa shape index (κ1) is 21.7. The number of thiophene rings is 1. The highest BCUT2D eigenvalue weighted by Crippen LogP contribution is 2.10. The lowest BCUT2D eigenvalue weighted by Gasteiger charge is -2.06. The van der Waals surface area contributed by atoms with Crippen molar-refractivity contribution in [3.63, 3.8) is 0 Å². The van der Waals surface area contributed by atoms with Crippen molar-refractivity contribution < 1.29 is 14.3 Å². The number of carbonyl (C=O) groups is 2. The minimum atomic E-state index is -0.234. The fourth-order valence-electron chi connectivity index (χ4n) is 2.62. The second-order valence-electron chi connectivity index (χ2n) is 6.39. The zero-order chi connectivity index (χ0) is 18.2. The van der Waals surface area contributed by atoms with Gasteiger partial charge in [0.15, 0.2) is 0 Å². The van der Waals surface area contributed by atoms with E-state index in [2.05, 4.69) is 12.2 Å². The maximum absolute atomic E-state index is 11.7. The molecule has 1 heterocycles. The van der Waals surface area contributed by atoms with Crippen LogP contribution >= 0.6 is 11.3 Å². The van der Waals surface area contributed by atoms with Crippen molar-refractivity contribution >= 4 is 23.2 Å². The fraction of sp³-hybridized carbons (Fsp3) is 0.700. The molecule has 0 bridgehead atoms. The van der Waals surface area contributed by atoms with Gasteiger partial charge in [0, 0.05) is 6.54 Å². The summed E-state index contributed by atoms with van der Waals surface area (Å²) in [5.41, 5.74) is 0. The van der Waals surface area contributed by atoms with Crippen LogP contribution in [0, 0.1) is 0 Å². The third kappa shape index (κ3) is 11.8. The molecule has 0 atom stereocenters. The molecule has 0 radical (unpaired) electrons. The molecule has 0 saturated carbocycles. The molecule has 0 saturated heterocycles. The van der Waals surface area contributed by atoms with Gasteiger partial charge in [-0.3, -0.25) is 9.59 Å². The lowest BCUT2D eigenvalue weighted by Crippen LogP contribution is -2.25. The van der Waals surface area contributed by atoms with Gasteiger partial charge in [0.05, 0.1) is 17.9 Å². The van der Waals surface area contributed by atoms with Gasteiger partial charge in [0.1, 0.15) is 0 Å². The summed E-state index contributed by atoms with van der Waals surface area (Å²) in [6.45, 7) is 3.07. The van der Waals surface area contributed by atoms with E-state index in [4.69, 9.17) is 4.74 Å². The predicted octanol–water partition coefficient (Wildman–Crippen LogP) is 5.33. The molecule has 1 rings (SSSR count). The highest BCUT2D eigenvalue weighted by Gasteiger charge is 2.07. The standard InChI is InChI=1S/C20H33NO3S/c1-2-3-4-5-6-7-8-9-10-11-16-24-19(22)14-15-21-20(23)18-13-12-17-25-18/h12-13,17H,2-11,14-16H2,1H3,(H,21,23). The average Bonchev–Trinajstić information content (AvgIpc) is 3.14. The number of amides is 1. The van der Waals surface area contributed by atoms with Gasteiger partial charge in [-0.1, -0.05) is 70.8 Å². The average molecular weight is 368 g/mol. The first-order valence-corrected chi connectivity index (χ1v) is 10.6. The van der Waals surface area contributed by atoms with Crippen LogP contribution in [-0.4, -0.2) is 25.0 Å². The highest BCUT2D eigenvalue weighted by atomic mass is 32.1. The molecule has 1 aromatic heterocycles. The van der Waals surface area contributed by atoms with Crippen LogP contribution in [0.15, 0.2) is 17.5 Å². The molecule has 1 amide bonds. The van der Waals surface area contributed by atoms with Crippen molar-refractivity contribution in [1.82, 2.24) is 5.32 Å². The van der Waals surface area contributed by atoms with Gasteiger partial charge in [-0.25, -0.2) is 0 Å². The smallest absolute Gasteiger partial charge is 0.307 e. The van der Waals surface area contributed by atoms with Crippen molar-refractivity contribution in [2.45, 2.75) is 77.6 Å². The summed E-state index contributed by atoms with van der Waals surface area (Å²) < 4.78 is 5.20. The monoisotopic (exact) mass is 367 g/mol.